The minimum atomic E-state index is -0.751. The van der Waals surface area contributed by atoms with E-state index in [2.05, 4.69) is 25.1 Å². The highest BCUT2D eigenvalue weighted by atomic mass is 16.4. The minimum absolute atomic E-state index is 0.116. The third-order valence-corrected chi connectivity index (χ3v) is 5.34. The maximum Gasteiger partial charge on any atom is 0.306 e. The van der Waals surface area contributed by atoms with Gasteiger partial charge in [-0.15, -0.1) is 0 Å². The van der Waals surface area contributed by atoms with Crippen LogP contribution in [0.2, 0.25) is 0 Å². The number of rotatable bonds is 3. The number of amides is 1. The molecular weight excluding hydrogens is 290 g/mol. The number of aryl methyl sites for hydroxylation is 1. The van der Waals surface area contributed by atoms with Gasteiger partial charge in [0, 0.05) is 12.5 Å². The summed E-state index contributed by atoms with van der Waals surface area (Å²) in [7, 11) is 0. The monoisotopic (exact) mass is 315 g/mol. The van der Waals surface area contributed by atoms with Crippen LogP contribution in [-0.4, -0.2) is 28.4 Å². The van der Waals surface area contributed by atoms with Crippen LogP contribution in [0.3, 0.4) is 0 Å². The van der Waals surface area contributed by atoms with Crippen LogP contribution in [0.15, 0.2) is 24.3 Å². The van der Waals surface area contributed by atoms with Crippen molar-refractivity contribution in [3.05, 3.63) is 35.4 Å². The van der Waals surface area contributed by atoms with Crippen molar-refractivity contribution in [3.8, 4) is 0 Å². The fourth-order valence-corrected chi connectivity index (χ4v) is 4.13. The van der Waals surface area contributed by atoms with E-state index in [0.29, 0.717) is 12.8 Å². The number of likely N-dealkylation sites (tertiary alicyclic amines) is 1. The Morgan fingerprint density at radius 2 is 1.91 bits per heavy atom. The molecule has 1 saturated carbocycles. The van der Waals surface area contributed by atoms with E-state index in [4.69, 9.17) is 0 Å². The molecular formula is C19H25NO3. The van der Waals surface area contributed by atoms with E-state index in [-0.39, 0.29) is 23.8 Å². The summed E-state index contributed by atoms with van der Waals surface area (Å²) in [5, 5.41) is 9.24. The maximum absolute atomic E-state index is 13.0. The van der Waals surface area contributed by atoms with Gasteiger partial charge in [0.25, 0.3) is 0 Å². The van der Waals surface area contributed by atoms with Crippen LogP contribution in [0.4, 0.5) is 0 Å². The van der Waals surface area contributed by atoms with Crippen molar-refractivity contribution in [1.82, 2.24) is 4.90 Å². The zero-order valence-electron chi connectivity index (χ0n) is 13.7. The molecule has 3 rings (SSSR count). The van der Waals surface area contributed by atoms with Gasteiger partial charge in [0.1, 0.15) is 0 Å². The molecule has 3 unspecified atom stereocenters. The number of hydrogen-bond acceptors (Lipinski definition) is 2. The summed E-state index contributed by atoms with van der Waals surface area (Å²) in [6, 6.07) is 8.55. The van der Waals surface area contributed by atoms with E-state index in [1.54, 1.807) is 0 Å². The first-order valence-electron chi connectivity index (χ1n) is 8.66. The molecule has 0 aromatic heterocycles. The quantitative estimate of drug-likeness (QED) is 0.928. The van der Waals surface area contributed by atoms with E-state index in [0.717, 1.165) is 32.2 Å². The molecule has 4 nitrogen and oxygen atoms in total. The second kappa shape index (κ2) is 6.73. The molecule has 2 aliphatic rings. The zero-order chi connectivity index (χ0) is 16.4. The van der Waals surface area contributed by atoms with Crippen molar-refractivity contribution in [2.45, 2.75) is 51.5 Å². The third kappa shape index (κ3) is 3.41. The Kier molecular flexibility index (Phi) is 4.69. The highest BCUT2D eigenvalue weighted by molar-refractivity contribution is 5.81. The number of carboxylic acid groups (broad SMARTS) is 1. The molecule has 4 heteroatoms. The first kappa shape index (κ1) is 16.0. The van der Waals surface area contributed by atoms with Crippen molar-refractivity contribution >= 4 is 11.9 Å². The standard InChI is InChI=1S/C19H25NO3/c1-13-5-2-6-14(11-13)17-9-4-10-20(17)18(21)15-7-3-8-16(12-15)19(22)23/h2,5-6,11,15-17H,3-4,7-10,12H2,1H3,(H,22,23). The lowest BCUT2D eigenvalue weighted by molar-refractivity contribution is -0.145. The van der Waals surface area contributed by atoms with Gasteiger partial charge in [0.15, 0.2) is 0 Å². The molecule has 1 aromatic rings. The van der Waals surface area contributed by atoms with Gasteiger partial charge in [-0.2, -0.15) is 0 Å². The topological polar surface area (TPSA) is 57.6 Å². The van der Waals surface area contributed by atoms with Crippen LogP contribution in [0.1, 0.15) is 55.7 Å². The average Bonchev–Trinajstić information content (AvgIpc) is 3.04. The minimum Gasteiger partial charge on any atom is -0.481 e. The molecule has 0 radical (unpaired) electrons. The van der Waals surface area contributed by atoms with Gasteiger partial charge in [-0.1, -0.05) is 36.2 Å². The Balaban J connectivity index is 1.74. The molecule has 23 heavy (non-hydrogen) atoms. The normalized spacial score (nSPS) is 27.9. The number of carbonyl (C=O) groups excluding carboxylic acids is 1. The SMILES string of the molecule is Cc1cccc(C2CCCN2C(=O)C2CCCC(C(=O)O)C2)c1. The van der Waals surface area contributed by atoms with Gasteiger partial charge in [-0.25, -0.2) is 0 Å². The van der Waals surface area contributed by atoms with Gasteiger partial charge in [-0.3, -0.25) is 9.59 Å². The molecule has 1 heterocycles. The summed E-state index contributed by atoms with van der Waals surface area (Å²) in [5.74, 6) is -1.05. The van der Waals surface area contributed by atoms with Crippen molar-refractivity contribution in [2.75, 3.05) is 6.54 Å². The molecule has 1 aliphatic carbocycles. The summed E-state index contributed by atoms with van der Waals surface area (Å²) in [4.78, 5) is 26.2. The van der Waals surface area contributed by atoms with Crippen LogP contribution in [0.25, 0.3) is 0 Å². The summed E-state index contributed by atoms with van der Waals surface area (Å²) < 4.78 is 0. The predicted octanol–water partition coefficient (Wildman–Crippen LogP) is 3.55. The van der Waals surface area contributed by atoms with Gasteiger partial charge in [0.05, 0.1) is 12.0 Å². The lowest BCUT2D eigenvalue weighted by Crippen LogP contribution is -2.38. The number of aliphatic carboxylic acids is 1. The Morgan fingerprint density at radius 1 is 1.13 bits per heavy atom. The molecule has 1 aliphatic heterocycles. The zero-order valence-corrected chi connectivity index (χ0v) is 13.7. The van der Waals surface area contributed by atoms with Crippen molar-refractivity contribution < 1.29 is 14.7 Å². The van der Waals surface area contributed by atoms with Gasteiger partial charge >= 0.3 is 5.97 Å². The fraction of sp³-hybridized carbons (Fsp3) is 0.579. The first-order chi connectivity index (χ1) is 11.1. The van der Waals surface area contributed by atoms with E-state index >= 15 is 0 Å². The van der Waals surface area contributed by atoms with Crippen LogP contribution in [0.5, 0.6) is 0 Å². The number of benzene rings is 1. The lowest BCUT2D eigenvalue weighted by Gasteiger charge is -2.32. The number of nitrogens with zero attached hydrogens (tertiary/aromatic N) is 1. The van der Waals surface area contributed by atoms with Crippen molar-refractivity contribution in [3.63, 3.8) is 0 Å². The van der Waals surface area contributed by atoms with E-state index in [1.165, 1.54) is 11.1 Å². The Labute approximate surface area is 137 Å². The lowest BCUT2D eigenvalue weighted by atomic mass is 9.80. The summed E-state index contributed by atoms with van der Waals surface area (Å²) in [6.07, 6.45) is 4.92. The fourth-order valence-electron chi connectivity index (χ4n) is 4.13. The second-order valence-corrected chi connectivity index (χ2v) is 7.00. The van der Waals surface area contributed by atoms with Crippen LogP contribution in [-0.2, 0) is 9.59 Å². The van der Waals surface area contributed by atoms with Gasteiger partial charge in [0.2, 0.25) is 5.91 Å². The van der Waals surface area contributed by atoms with Crippen molar-refractivity contribution in [1.29, 1.82) is 0 Å². The largest absolute Gasteiger partial charge is 0.481 e. The number of hydrogen-bond donors (Lipinski definition) is 1. The molecule has 1 aromatic carbocycles. The molecule has 2 fully saturated rings. The molecule has 124 valence electrons. The average molecular weight is 315 g/mol. The van der Waals surface area contributed by atoms with Crippen LogP contribution < -0.4 is 0 Å². The number of carbonyl (C=O) groups is 2. The predicted molar refractivity (Wildman–Crippen MR) is 88.0 cm³/mol. The van der Waals surface area contributed by atoms with E-state index < -0.39 is 5.97 Å². The van der Waals surface area contributed by atoms with Gasteiger partial charge < -0.3 is 10.0 Å². The third-order valence-electron chi connectivity index (χ3n) is 5.34. The highest BCUT2D eigenvalue weighted by Gasteiger charge is 2.37. The maximum atomic E-state index is 13.0. The smallest absolute Gasteiger partial charge is 0.306 e. The van der Waals surface area contributed by atoms with E-state index in [1.807, 2.05) is 11.0 Å². The molecule has 3 atom stereocenters. The number of carboxylic acids is 1. The molecule has 1 N–H and O–H groups in total. The molecule has 0 bridgehead atoms. The Bertz CT molecular complexity index is 598. The highest BCUT2D eigenvalue weighted by Crippen LogP contribution is 2.37. The van der Waals surface area contributed by atoms with Crippen LogP contribution in [0, 0.1) is 18.8 Å². The van der Waals surface area contributed by atoms with E-state index in [9.17, 15) is 14.7 Å². The Morgan fingerprint density at radius 3 is 2.65 bits per heavy atom. The second-order valence-electron chi connectivity index (χ2n) is 7.00. The summed E-state index contributed by atoms with van der Waals surface area (Å²) >= 11 is 0. The molecule has 1 amide bonds. The molecule has 1 saturated heterocycles. The summed E-state index contributed by atoms with van der Waals surface area (Å²) in [6.45, 7) is 2.87. The first-order valence-corrected chi connectivity index (χ1v) is 8.66. The Hall–Kier alpha value is -1.84. The molecule has 0 spiro atoms. The summed E-state index contributed by atoms with van der Waals surface area (Å²) in [5.41, 5.74) is 2.42. The van der Waals surface area contributed by atoms with Crippen molar-refractivity contribution in [2.24, 2.45) is 11.8 Å². The van der Waals surface area contributed by atoms with Crippen LogP contribution >= 0.6 is 0 Å². The van der Waals surface area contributed by atoms with Gasteiger partial charge in [-0.05, 0) is 44.6 Å².